The summed E-state index contributed by atoms with van der Waals surface area (Å²) in [4.78, 5) is 12.4. The first-order valence-corrected chi connectivity index (χ1v) is 22.3. The first-order valence-electron chi connectivity index (χ1n) is 14.4. The SMILES string of the molecule is CC(C)(C)OC(=O)n1nc(I)c2cc(O[Si](C)(C)C(C)(C)C)ccc21.CC(C)(C)[Si](C)(C)Oc1ccc2n[nH]c(I)c2c1. The Kier molecular flexibility index (Phi) is 10.5. The van der Waals surface area contributed by atoms with Gasteiger partial charge in [-0.15, -0.1) is 0 Å². The van der Waals surface area contributed by atoms with Gasteiger partial charge in [0.2, 0.25) is 16.6 Å². The van der Waals surface area contributed by atoms with E-state index in [0.29, 0.717) is 0 Å². The van der Waals surface area contributed by atoms with E-state index in [-0.39, 0.29) is 10.1 Å². The third-order valence-corrected chi connectivity index (χ3v) is 18.3. The van der Waals surface area contributed by atoms with Crippen molar-refractivity contribution in [2.45, 2.75) is 104 Å². The van der Waals surface area contributed by atoms with Crippen molar-refractivity contribution in [3.63, 3.8) is 0 Å². The Bertz CT molecular complexity index is 1610. The van der Waals surface area contributed by atoms with Crippen LogP contribution in [0.15, 0.2) is 36.4 Å². The maximum atomic E-state index is 12.4. The Labute approximate surface area is 285 Å². The molecule has 0 spiro atoms. The summed E-state index contributed by atoms with van der Waals surface area (Å²) in [7, 11) is -3.68. The molecule has 0 unspecified atom stereocenters. The highest BCUT2D eigenvalue weighted by Crippen LogP contribution is 2.39. The molecular weight excluding hydrogens is 802 g/mol. The second kappa shape index (κ2) is 12.6. The smallest absolute Gasteiger partial charge is 0.435 e. The van der Waals surface area contributed by atoms with Crippen LogP contribution in [0.25, 0.3) is 21.8 Å². The molecule has 0 bridgehead atoms. The summed E-state index contributed by atoms with van der Waals surface area (Å²) in [5.74, 6) is 1.77. The fraction of sp³-hybridized carbons (Fsp3) is 0.516. The number of aromatic amines is 1. The number of nitrogens with one attached hydrogen (secondary N) is 1. The lowest BCUT2D eigenvalue weighted by Gasteiger charge is -2.36. The number of halogens is 2. The number of aromatic nitrogens is 4. The second-order valence-electron chi connectivity index (χ2n) is 14.8. The van der Waals surface area contributed by atoms with Crippen molar-refractivity contribution < 1.29 is 18.4 Å². The second-order valence-corrected chi connectivity index (χ2v) is 26.4. The molecule has 4 rings (SSSR count). The van der Waals surface area contributed by atoms with Gasteiger partial charge in [0.05, 0.1) is 11.0 Å². The normalized spacial score (nSPS) is 13.1. The molecule has 4 aromatic rings. The zero-order valence-corrected chi connectivity index (χ0v) is 34.0. The van der Waals surface area contributed by atoms with Crippen LogP contribution in [0.4, 0.5) is 4.79 Å². The molecule has 0 amide bonds. The molecule has 0 fully saturated rings. The van der Waals surface area contributed by atoms with Gasteiger partial charge in [-0.3, -0.25) is 5.10 Å². The van der Waals surface area contributed by atoms with Crippen LogP contribution in [0.5, 0.6) is 11.5 Å². The van der Waals surface area contributed by atoms with Crippen LogP contribution in [0.3, 0.4) is 0 Å². The highest BCUT2D eigenvalue weighted by atomic mass is 127. The van der Waals surface area contributed by atoms with Crippen molar-refractivity contribution in [2.75, 3.05) is 0 Å². The van der Waals surface area contributed by atoms with E-state index in [1.54, 1.807) is 0 Å². The van der Waals surface area contributed by atoms with E-state index in [9.17, 15) is 4.79 Å². The zero-order chi connectivity index (χ0) is 32.8. The number of carbonyl (C=O) groups is 1. The Morgan fingerprint density at radius 1 is 0.791 bits per heavy atom. The summed E-state index contributed by atoms with van der Waals surface area (Å²) in [6, 6.07) is 11.8. The van der Waals surface area contributed by atoms with E-state index >= 15 is 0 Å². The van der Waals surface area contributed by atoms with Crippen molar-refractivity contribution in [3.8, 4) is 11.5 Å². The number of hydrogen-bond acceptors (Lipinski definition) is 6. The van der Waals surface area contributed by atoms with Gasteiger partial charge in [0.1, 0.15) is 24.5 Å². The molecule has 0 aliphatic rings. The lowest BCUT2D eigenvalue weighted by molar-refractivity contribution is 0.0522. The van der Waals surface area contributed by atoms with Crippen molar-refractivity contribution in [1.82, 2.24) is 20.0 Å². The molecule has 12 heteroatoms. The Morgan fingerprint density at radius 3 is 1.77 bits per heavy atom. The van der Waals surface area contributed by atoms with Crippen LogP contribution >= 0.6 is 45.2 Å². The summed E-state index contributed by atoms with van der Waals surface area (Å²) >= 11 is 4.40. The molecule has 0 atom stereocenters. The van der Waals surface area contributed by atoms with Gasteiger partial charge in [-0.05, 0) is 139 Å². The van der Waals surface area contributed by atoms with E-state index < -0.39 is 28.3 Å². The molecule has 0 saturated carbocycles. The van der Waals surface area contributed by atoms with Crippen LogP contribution in [-0.4, -0.2) is 48.3 Å². The molecule has 0 saturated heterocycles. The van der Waals surface area contributed by atoms with Crippen LogP contribution in [0.1, 0.15) is 62.3 Å². The molecular formula is C31H46I2N4O4Si2. The fourth-order valence-electron chi connectivity index (χ4n) is 3.49. The highest BCUT2D eigenvalue weighted by molar-refractivity contribution is 14.1. The van der Waals surface area contributed by atoms with Gasteiger partial charge < -0.3 is 13.6 Å². The topological polar surface area (TPSA) is 91.3 Å². The van der Waals surface area contributed by atoms with Crippen molar-refractivity contribution in [1.29, 1.82) is 0 Å². The number of carbonyl (C=O) groups excluding carboxylic acids is 1. The van der Waals surface area contributed by atoms with E-state index in [4.69, 9.17) is 13.6 Å². The van der Waals surface area contributed by atoms with Gasteiger partial charge in [-0.2, -0.15) is 14.9 Å². The summed E-state index contributed by atoms with van der Waals surface area (Å²) in [6.07, 6.45) is -0.474. The van der Waals surface area contributed by atoms with Gasteiger partial charge in [0.25, 0.3) is 0 Å². The molecule has 43 heavy (non-hydrogen) atoms. The lowest BCUT2D eigenvalue weighted by Crippen LogP contribution is -2.43. The van der Waals surface area contributed by atoms with Gasteiger partial charge in [0.15, 0.2) is 0 Å². The van der Waals surface area contributed by atoms with Crippen molar-refractivity contribution in [2.24, 2.45) is 0 Å². The van der Waals surface area contributed by atoms with E-state index in [1.165, 1.54) is 4.68 Å². The number of H-pyrrole nitrogens is 1. The van der Waals surface area contributed by atoms with Crippen LogP contribution in [-0.2, 0) is 4.74 Å². The minimum Gasteiger partial charge on any atom is -0.543 e. The minimum atomic E-state index is -1.92. The molecule has 1 N–H and O–H groups in total. The van der Waals surface area contributed by atoms with Gasteiger partial charge in [-0.1, -0.05) is 41.5 Å². The standard InChI is InChI=1S/C18H27IN2O3Si.C13H19IN2OSi/c1-17(2,3)23-16(22)21-14-10-9-12(11-13(14)15(19)20-21)24-25(7,8)18(4,5)6;1-13(2,3)18(4,5)17-9-6-7-11-10(8-9)12(14)16-15-11/h9-11H,1-8H3;6-8H,1-5H3,(H,15,16). The Morgan fingerprint density at radius 2 is 1.28 bits per heavy atom. The number of nitrogens with zero attached hydrogens (tertiary/aromatic N) is 3. The molecule has 2 heterocycles. The highest BCUT2D eigenvalue weighted by Gasteiger charge is 2.40. The predicted octanol–water partition coefficient (Wildman–Crippen LogP) is 10.4. The lowest BCUT2D eigenvalue weighted by atomic mass is 10.2. The summed E-state index contributed by atoms with van der Waals surface area (Å²) < 4.78 is 21.2. The van der Waals surface area contributed by atoms with Crippen LogP contribution in [0, 0.1) is 7.40 Å². The monoisotopic (exact) mass is 848 g/mol. The quantitative estimate of drug-likeness (QED) is 0.163. The maximum absolute atomic E-state index is 12.4. The summed E-state index contributed by atoms with van der Waals surface area (Å²) in [5, 5.41) is 13.9. The number of hydrogen-bond donors (Lipinski definition) is 1. The zero-order valence-electron chi connectivity index (χ0n) is 27.7. The van der Waals surface area contributed by atoms with Gasteiger partial charge >= 0.3 is 6.09 Å². The number of fused-ring (bicyclic) bond motifs is 2. The Balaban J connectivity index is 0.000000248. The van der Waals surface area contributed by atoms with Gasteiger partial charge in [0, 0.05) is 10.8 Å². The van der Waals surface area contributed by atoms with Crippen LogP contribution < -0.4 is 8.85 Å². The number of benzene rings is 2. The van der Waals surface area contributed by atoms with Crippen LogP contribution in [0.2, 0.25) is 36.3 Å². The molecule has 236 valence electrons. The van der Waals surface area contributed by atoms with Crippen molar-refractivity contribution >= 4 is 89.7 Å². The van der Waals surface area contributed by atoms with Crippen molar-refractivity contribution in [3.05, 3.63) is 43.8 Å². The Hall–Kier alpha value is -1.66. The van der Waals surface area contributed by atoms with E-state index in [1.807, 2.05) is 51.1 Å². The summed E-state index contributed by atoms with van der Waals surface area (Å²) in [5.41, 5.74) is 1.15. The first-order chi connectivity index (χ1) is 19.4. The minimum absolute atomic E-state index is 0.121. The molecule has 2 aromatic heterocycles. The number of rotatable bonds is 4. The third kappa shape index (κ3) is 8.75. The molecule has 0 aliphatic heterocycles. The molecule has 8 nitrogen and oxygen atoms in total. The predicted molar refractivity (Wildman–Crippen MR) is 199 cm³/mol. The van der Waals surface area contributed by atoms with E-state index in [0.717, 1.165) is 40.7 Å². The number of ether oxygens (including phenoxy) is 1. The fourth-order valence-corrected chi connectivity index (χ4v) is 6.73. The third-order valence-electron chi connectivity index (χ3n) is 8.01. The average Bonchev–Trinajstić information content (AvgIpc) is 3.36. The first kappa shape index (κ1) is 35.8. The van der Waals surface area contributed by atoms with E-state index in [2.05, 4.69) is 134 Å². The molecule has 0 aliphatic carbocycles. The summed E-state index contributed by atoms with van der Waals surface area (Å²) in [6.45, 7) is 27.9. The average molecular weight is 849 g/mol. The molecule has 2 aromatic carbocycles. The van der Waals surface area contributed by atoms with Gasteiger partial charge in [-0.25, -0.2) is 4.79 Å². The largest absolute Gasteiger partial charge is 0.543 e. The molecule has 0 radical (unpaired) electrons. The maximum Gasteiger partial charge on any atom is 0.435 e.